The van der Waals surface area contributed by atoms with E-state index in [9.17, 15) is 4.39 Å². The molecule has 2 rings (SSSR count). The standard InChI is InChI=1S/C14H19BrFN/c1-10(17-9-14(2)6-3-7-14)12-8-11(15)4-5-13(12)16/h4-5,8,10,17H,3,6-7,9H2,1-2H3. The van der Waals surface area contributed by atoms with Crippen molar-refractivity contribution in [2.75, 3.05) is 6.54 Å². The number of benzene rings is 1. The van der Waals surface area contributed by atoms with Crippen molar-refractivity contribution in [3.63, 3.8) is 0 Å². The molecule has 0 amide bonds. The van der Waals surface area contributed by atoms with E-state index in [1.807, 2.05) is 13.0 Å². The molecule has 0 bridgehead atoms. The van der Waals surface area contributed by atoms with Gasteiger partial charge in [-0.15, -0.1) is 0 Å². The molecular weight excluding hydrogens is 281 g/mol. The summed E-state index contributed by atoms with van der Waals surface area (Å²) in [5, 5.41) is 3.45. The molecule has 0 radical (unpaired) electrons. The maximum Gasteiger partial charge on any atom is 0.128 e. The summed E-state index contributed by atoms with van der Waals surface area (Å²) in [6.07, 6.45) is 3.90. The molecule has 1 nitrogen and oxygen atoms in total. The molecule has 1 N–H and O–H groups in total. The van der Waals surface area contributed by atoms with Crippen LogP contribution in [0.15, 0.2) is 22.7 Å². The molecule has 1 aliphatic rings. The number of nitrogens with one attached hydrogen (secondary N) is 1. The summed E-state index contributed by atoms with van der Waals surface area (Å²) in [6.45, 7) is 5.29. The smallest absolute Gasteiger partial charge is 0.128 e. The van der Waals surface area contributed by atoms with Gasteiger partial charge in [-0.3, -0.25) is 0 Å². The molecular formula is C14H19BrFN. The van der Waals surface area contributed by atoms with Crippen LogP contribution < -0.4 is 5.32 Å². The van der Waals surface area contributed by atoms with Gasteiger partial charge in [-0.2, -0.15) is 0 Å². The van der Waals surface area contributed by atoms with E-state index < -0.39 is 0 Å². The average Bonchev–Trinajstić information content (AvgIpc) is 2.26. The predicted molar refractivity (Wildman–Crippen MR) is 72.5 cm³/mol. The van der Waals surface area contributed by atoms with Gasteiger partial charge in [0.25, 0.3) is 0 Å². The highest BCUT2D eigenvalue weighted by atomic mass is 79.9. The molecule has 94 valence electrons. The van der Waals surface area contributed by atoms with Gasteiger partial charge in [0.15, 0.2) is 0 Å². The normalized spacial score (nSPS) is 19.8. The Balaban J connectivity index is 1.99. The molecule has 3 heteroatoms. The summed E-state index contributed by atoms with van der Waals surface area (Å²) in [4.78, 5) is 0. The van der Waals surface area contributed by atoms with Gasteiger partial charge in [0.2, 0.25) is 0 Å². The first kappa shape index (κ1) is 13.0. The second kappa shape index (κ2) is 5.07. The maximum atomic E-state index is 13.7. The van der Waals surface area contributed by atoms with Gasteiger partial charge in [0, 0.05) is 22.6 Å². The average molecular weight is 300 g/mol. The van der Waals surface area contributed by atoms with Crippen molar-refractivity contribution >= 4 is 15.9 Å². The van der Waals surface area contributed by atoms with Crippen LogP contribution >= 0.6 is 15.9 Å². The van der Waals surface area contributed by atoms with Crippen LogP contribution in [0.1, 0.15) is 44.7 Å². The van der Waals surface area contributed by atoms with E-state index in [2.05, 4.69) is 28.2 Å². The van der Waals surface area contributed by atoms with E-state index >= 15 is 0 Å². The van der Waals surface area contributed by atoms with Crippen molar-refractivity contribution in [2.45, 2.75) is 39.2 Å². The lowest BCUT2D eigenvalue weighted by molar-refractivity contribution is 0.151. The molecule has 0 aromatic heterocycles. The Bertz CT molecular complexity index is 401. The first-order valence-electron chi connectivity index (χ1n) is 6.18. The number of halogens is 2. The minimum atomic E-state index is -0.132. The molecule has 1 aromatic rings. The molecule has 1 fully saturated rings. The topological polar surface area (TPSA) is 12.0 Å². The molecule has 1 aliphatic carbocycles. The molecule has 0 saturated heterocycles. The van der Waals surface area contributed by atoms with Crippen molar-refractivity contribution in [1.29, 1.82) is 0 Å². The third-order valence-corrected chi connectivity index (χ3v) is 4.31. The van der Waals surface area contributed by atoms with Gasteiger partial charge in [0.05, 0.1) is 0 Å². The van der Waals surface area contributed by atoms with E-state index in [1.165, 1.54) is 25.3 Å². The SMILES string of the molecule is CC(NCC1(C)CCC1)c1cc(Br)ccc1F. The summed E-state index contributed by atoms with van der Waals surface area (Å²) in [7, 11) is 0. The van der Waals surface area contributed by atoms with Gasteiger partial charge < -0.3 is 5.32 Å². The highest BCUT2D eigenvalue weighted by Gasteiger charge is 2.31. The summed E-state index contributed by atoms with van der Waals surface area (Å²) in [6, 6.07) is 5.17. The van der Waals surface area contributed by atoms with Crippen LogP contribution in [-0.4, -0.2) is 6.54 Å². The molecule has 17 heavy (non-hydrogen) atoms. The van der Waals surface area contributed by atoms with E-state index in [-0.39, 0.29) is 11.9 Å². The molecule has 1 aromatic carbocycles. The zero-order valence-electron chi connectivity index (χ0n) is 10.4. The fraction of sp³-hybridized carbons (Fsp3) is 0.571. The number of hydrogen-bond acceptors (Lipinski definition) is 1. The first-order chi connectivity index (χ1) is 8.00. The zero-order chi connectivity index (χ0) is 12.5. The van der Waals surface area contributed by atoms with Crippen molar-refractivity contribution in [3.05, 3.63) is 34.1 Å². The highest BCUT2D eigenvalue weighted by molar-refractivity contribution is 9.10. The minimum Gasteiger partial charge on any atom is -0.310 e. The van der Waals surface area contributed by atoms with Gasteiger partial charge >= 0.3 is 0 Å². The van der Waals surface area contributed by atoms with Crippen LogP contribution in [0, 0.1) is 11.2 Å². The van der Waals surface area contributed by atoms with Crippen LogP contribution in [0.4, 0.5) is 4.39 Å². The Kier molecular flexibility index (Phi) is 3.88. The summed E-state index contributed by atoms with van der Waals surface area (Å²) in [5.74, 6) is -0.132. The fourth-order valence-electron chi connectivity index (χ4n) is 2.31. The summed E-state index contributed by atoms with van der Waals surface area (Å²) >= 11 is 3.39. The Morgan fingerprint density at radius 3 is 2.76 bits per heavy atom. The van der Waals surface area contributed by atoms with Gasteiger partial charge in [-0.05, 0) is 43.4 Å². The predicted octanol–water partition coefficient (Wildman–Crippen LogP) is 4.43. The van der Waals surface area contributed by atoms with Crippen molar-refractivity contribution in [1.82, 2.24) is 5.32 Å². The lowest BCUT2D eigenvalue weighted by atomic mass is 9.70. The van der Waals surface area contributed by atoms with Crippen LogP contribution in [-0.2, 0) is 0 Å². The second-order valence-corrected chi connectivity index (χ2v) is 6.35. The lowest BCUT2D eigenvalue weighted by Crippen LogP contribution is -2.38. The Labute approximate surface area is 111 Å². The summed E-state index contributed by atoms with van der Waals surface area (Å²) in [5.41, 5.74) is 1.17. The van der Waals surface area contributed by atoms with Gasteiger partial charge in [-0.1, -0.05) is 29.3 Å². The van der Waals surface area contributed by atoms with Gasteiger partial charge in [-0.25, -0.2) is 4.39 Å². The molecule has 1 saturated carbocycles. The first-order valence-corrected chi connectivity index (χ1v) is 6.98. The van der Waals surface area contributed by atoms with E-state index in [0.29, 0.717) is 5.41 Å². The van der Waals surface area contributed by atoms with Crippen LogP contribution in [0.5, 0.6) is 0 Å². The minimum absolute atomic E-state index is 0.0601. The van der Waals surface area contributed by atoms with Crippen LogP contribution in [0.25, 0.3) is 0 Å². The van der Waals surface area contributed by atoms with E-state index in [0.717, 1.165) is 16.6 Å². The third kappa shape index (κ3) is 3.08. The number of hydrogen-bond donors (Lipinski definition) is 1. The van der Waals surface area contributed by atoms with Gasteiger partial charge in [0.1, 0.15) is 5.82 Å². The van der Waals surface area contributed by atoms with Crippen molar-refractivity contribution < 1.29 is 4.39 Å². The maximum absolute atomic E-state index is 13.7. The lowest BCUT2D eigenvalue weighted by Gasteiger charge is -2.39. The molecule has 0 spiro atoms. The van der Waals surface area contributed by atoms with Crippen LogP contribution in [0.3, 0.4) is 0 Å². The molecule has 1 atom stereocenters. The second-order valence-electron chi connectivity index (χ2n) is 5.43. The Hall–Kier alpha value is -0.410. The van der Waals surface area contributed by atoms with Crippen molar-refractivity contribution in [3.8, 4) is 0 Å². The Morgan fingerprint density at radius 2 is 2.18 bits per heavy atom. The molecule has 0 aliphatic heterocycles. The van der Waals surface area contributed by atoms with E-state index in [4.69, 9.17) is 0 Å². The largest absolute Gasteiger partial charge is 0.310 e. The quantitative estimate of drug-likeness (QED) is 0.867. The number of rotatable bonds is 4. The van der Waals surface area contributed by atoms with E-state index in [1.54, 1.807) is 6.07 Å². The summed E-state index contributed by atoms with van der Waals surface area (Å²) < 4.78 is 14.6. The zero-order valence-corrected chi connectivity index (χ0v) is 12.0. The Morgan fingerprint density at radius 1 is 1.47 bits per heavy atom. The van der Waals surface area contributed by atoms with Crippen molar-refractivity contribution in [2.24, 2.45) is 5.41 Å². The fourth-order valence-corrected chi connectivity index (χ4v) is 2.69. The third-order valence-electron chi connectivity index (χ3n) is 3.82. The van der Waals surface area contributed by atoms with Crippen LogP contribution in [0.2, 0.25) is 0 Å². The molecule has 1 unspecified atom stereocenters. The highest BCUT2D eigenvalue weighted by Crippen LogP contribution is 2.39. The molecule has 0 heterocycles. The monoisotopic (exact) mass is 299 g/mol.